The van der Waals surface area contributed by atoms with Crippen molar-refractivity contribution in [2.24, 2.45) is 5.92 Å². The summed E-state index contributed by atoms with van der Waals surface area (Å²) in [5.41, 5.74) is 8.11. The van der Waals surface area contributed by atoms with E-state index in [1.54, 1.807) is 6.07 Å². The van der Waals surface area contributed by atoms with E-state index in [9.17, 15) is 4.79 Å². The SMILES string of the molecule is Cc1cccc(N)c1NC(=O)COC1CCC(C)CC1. The maximum absolute atomic E-state index is 11.9. The molecular formula is C16H24N2O2. The van der Waals surface area contributed by atoms with Crippen LogP contribution in [0.5, 0.6) is 0 Å². The monoisotopic (exact) mass is 276 g/mol. The van der Waals surface area contributed by atoms with E-state index in [0.29, 0.717) is 11.4 Å². The number of ether oxygens (including phenoxy) is 1. The number of amides is 1. The van der Waals surface area contributed by atoms with E-state index in [4.69, 9.17) is 10.5 Å². The summed E-state index contributed by atoms with van der Waals surface area (Å²) in [4.78, 5) is 11.9. The van der Waals surface area contributed by atoms with Crippen molar-refractivity contribution in [3.8, 4) is 0 Å². The van der Waals surface area contributed by atoms with Gasteiger partial charge in [-0.05, 0) is 50.2 Å². The van der Waals surface area contributed by atoms with Gasteiger partial charge in [-0.1, -0.05) is 19.1 Å². The van der Waals surface area contributed by atoms with Crippen molar-refractivity contribution in [3.63, 3.8) is 0 Å². The molecule has 1 aromatic rings. The van der Waals surface area contributed by atoms with Crippen LogP contribution < -0.4 is 11.1 Å². The van der Waals surface area contributed by atoms with E-state index in [2.05, 4.69) is 12.2 Å². The molecule has 1 saturated carbocycles. The minimum Gasteiger partial charge on any atom is -0.397 e. The van der Waals surface area contributed by atoms with E-state index >= 15 is 0 Å². The fourth-order valence-corrected chi connectivity index (χ4v) is 2.63. The fraction of sp³-hybridized carbons (Fsp3) is 0.562. The first-order chi connectivity index (χ1) is 9.56. The quantitative estimate of drug-likeness (QED) is 0.830. The van der Waals surface area contributed by atoms with Gasteiger partial charge in [0.2, 0.25) is 5.91 Å². The van der Waals surface area contributed by atoms with Crippen molar-refractivity contribution in [2.75, 3.05) is 17.7 Å². The fourth-order valence-electron chi connectivity index (χ4n) is 2.63. The minimum atomic E-state index is -0.135. The summed E-state index contributed by atoms with van der Waals surface area (Å²) >= 11 is 0. The molecule has 0 spiro atoms. The smallest absolute Gasteiger partial charge is 0.250 e. The maximum Gasteiger partial charge on any atom is 0.250 e. The number of rotatable bonds is 4. The van der Waals surface area contributed by atoms with Gasteiger partial charge in [0.25, 0.3) is 0 Å². The number of carbonyl (C=O) groups excluding carboxylic acids is 1. The lowest BCUT2D eigenvalue weighted by atomic mass is 9.89. The van der Waals surface area contributed by atoms with E-state index < -0.39 is 0 Å². The van der Waals surface area contributed by atoms with Crippen molar-refractivity contribution >= 4 is 17.3 Å². The lowest BCUT2D eigenvalue weighted by Gasteiger charge is -2.26. The predicted molar refractivity (Wildman–Crippen MR) is 81.6 cm³/mol. The topological polar surface area (TPSA) is 64.3 Å². The first-order valence-corrected chi connectivity index (χ1v) is 7.33. The lowest BCUT2D eigenvalue weighted by molar-refractivity contribution is -0.123. The summed E-state index contributed by atoms with van der Waals surface area (Å²) in [6.07, 6.45) is 4.72. The molecule has 0 aromatic heterocycles. The van der Waals surface area contributed by atoms with E-state index in [1.807, 2.05) is 19.1 Å². The van der Waals surface area contributed by atoms with Gasteiger partial charge in [-0.2, -0.15) is 0 Å². The molecule has 0 atom stereocenters. The van der Waals surface area contributed by atoms with Crippen LogP contribution in [0.1, 0.15) is 38.2 Å². The van der Waals surface area contributed by atoms with Crippen LogP contribution in [0.3, 0.4) is 0 Å². The first kappa shape index (κ1) is 14.9. The lowest BCUT2D eigenvalue weighted by Crippen LogP contribution is -2.26. The zero-order chi connectivity index (χ0) is 14.5. The van der Waals surface area contributed by atoms with Crippen LogP contribution in [0.4, 0.5) is 11.4 Å². The van der Waals surface area contributed by atoms with Crippen LogP contribution in [0, 0.1) is 12.8 Å². The van der Waals surface area contributed by atoms with Gasteiger partial charge in [0.1, 0.15) is 6.61 Å². The van der Waals surface area contributed by atoms with Crippen LogP contribution in [-0.4, -0.2) is 18.6 Å². The van der Waals surface area contributed by atoms with Crippen molar-refractivity contribution in [1.82, 2.24) is 0 Å². The highest BCUT2D eigenvalue weighted by Gasteiger charge is 2.19. The predicted octanol–water partition coefficient (Wildman–Crippen LogP) is 3.11. The van der Waals surface area contributed by atoms with Gasteiger partial charge >= 0.3 is 0 Å². The molecule has 1 aliphatic carbocycles. The molecule has 1 aromatic carbocycles. The molecule has 1 aliphatic rings. The molecule has 4 heteroatoms. The number of carbonyl (C=O) groups is 1. The van der Waals surface area contributed by atoms with E-state index in [1.165, 1.54) is 12.8 Å². The number of aryl methyl sites for hydroxylation is 1. The molecule has 1 fully saturated rings. The van der Waals surface area contributed by atoms with Gasteiger partial charge < -0.3 is 15.8 Å². The van der Waals surface area contributed by atoms with Crippen LogP contribution >= 0.6 is 0 Å². The first-order valence-electron chi connectivity index (χ1n) is 7.33. The third-order valence-corrected chi connectivity index (χ3v) is 3.98. The highest BCUT2D eigenvalue weighted by atomic mass is 16.5. The van der Waals surface area contributed by atoms with Gasteiger partial charge in [-0.3, -0.25) is 4.79 Å². The Balaban J connectivity index is 1.81. The zero-order valence-corrected chi connectivity index (χ0v) is 12.3. The molecule has 4 nitrogen and oxygen atoms in total. The number of nitrogens with two attached hydrogens (primary N) is 1. The summed E-state index contributed by atoms with van der Waals surface area (Å²) in [5, 5.41) is 2.84. The third kappa shape index (κ3) is 3.97. The van der Waals surface area contributed by atoms with Gasteiger partial charge in [0.15, 0.2) is 0 Å². The summed E-state index contributed by atoms with van der Waals surface area (Å²) in [6.45, 7) is 4.30. The van der Waals surface area contributed by atoms with Crippen molar-refractivity contribution in [1.29, 1.82) is 0 Å². The third-order valence-electron chi connectivity index (χ3n) is 3.98. The van der Waals surface area contributed by atoms with E-state index in [-0.39, 0.29) is 18.6 Å². The molecule has 0 radical (unpaired) electrons. The van der Waals surface area contributed by atoms with Crippen molar-refractivity contribution < 1.29 is 9.53 Å². The molecule has 0 bridgehead atoms. The molecule has 0 unspecified atom stereocenters. The molecule has 2 rings (SSSR count). The number of hydrogen-bond acceptors (Lipinski definition) is 3. The van der Waals surface area contributed by atoms with Crippen LogP contribution in [0.25, 0.3) is 0 Å². The highest BCUT2D eigenvalue weighted by molar-refractivity contribution is 5.95. The average molecular weight is 276 g/mol. The Morgan fingerprint density at radius 1 is 1.35 bits per heavy atom. The average Bonchev–Trinajstić information content (AvgIpc) is 2.42. The molecule has 3 N–H and O–H groups in total. The van der Waals surface area contributed by atoms with Crippen molar-refractivity contribution in [2.45, 2.75) is 45.6 Å². The number of para-hydroxylation sites is 1. The zero-order valence-electron chi connectivity index (χ0n) is 12.3. The van der Waals surface area contributed by atoms with Gasteiger partial charge in [-0.15, -0.1) is 0 Å². The number of nitrogens with one attached hydrogen (secondary N) is 1. The Morgan fingerprint density at radius 2 is 2.05 bits per heavy atom. The molecule has 0 aliphatic heterocycles. The second kappa shape index (κ2) is 6.75. The summed E-state index contributed by atoms with van der Waals surface area (Å²) in [6, 6.07) is 5.58. The molecular weight excluding hydrogens is 252 g/mol. The Kier molecular flexibility index (Phi) is 5.01. The standard InChI is InChI=1S/C16H24N2O2/c1-11-6-8-13(9-7-11)20-10-15(19)18-16-12(2)4-3-5-14(16)17/h3-5,11,13H,6-10,17H2,1-2H3,(H,18,19). The second-order valence-electron chi connectivity index (χ2n) is 5.78. The van der Waals surface area contributed by atoms with Crippen LogP contribution in [0.2, 0.25) is 0 Å². The van der Waals surface area contributed by atoms with Crippen LogP contribution in [-0.2, 0) is 9.53 Å². The number of nitrogen functional groups attached to an aromatic ring is 1. The molecule has 0 saturated heterocycles. The summed E-state index contributed by atoms with van der Waals surface area (Å²) < 4.78 is 5.69. The van der Waals surface area contributed by atoms with Gasteiger partial charge in [0, 0.05) is 0 Å². The largest absolute Gasteiger partial charge is 0.397 e. The normalized spacial score (nSPS) is 22.5. The highest BCUT2D eigenvalue weighted by Crippen LogP contribution is 2.26. The minimum absolute atomic E-state index is 0.104. The second-order valence-corrected chi connectivity index (χ2v) is 5.78. The number of benzene rings is 1. The van der Waals surface area contributed by atoms with E-state index in [0.717, 1.165) is 24.3 Å². The molecule has 1 amide bonds. The Hall–Kier alpha value is -1.55. The van der Waals surface area contributed by atoms with Gasteiger partial charge in [0.05, 0.1) is 17.5 Å². The molecule has 110 valence electrons. The Morgan fingerprint density at radius 3 is 2.70 bits per heavy atom. The Labute approximate surface area is 120 Å². The number of hydrogen-bond donors (Lipinski definition) is 2. The summed E-state index contributed by atoms with van der Waals surface area (Å²) in [5.74, 6) is 0.653. The molecule has 20 heavy (non-hydrogen) atoms. The summed E-state index contributed by atoms with van der Waals surface area (Å²) in [7, 11) is 0. The van der Waals surface area contributed by atoms with Gasteiger partial charge in [-0.25, -0.2) is 0 Å². The maximum atomic E-state index is 11.9. The Bertz CT molecular complexity index is 445. The van der Waals surface area contributed by atoms with Crippen molar-refractivity contribution in [3.05, 3.63) is 23.8 Å². The van der Waals surface area contributed by atoms with Crippen LogP contribution in [0.15, 0.2) is 18.2 Å². The molecule has 0 heterocycles. The number of anilines is 2.